The van der Waals surface area contributed by atoms with Gasteiger partial charge in [-0.2, -0.15) is 5.10 Å². The lowest BCUT2D eigenvalue weighted by Gasteiger charge is -2.26. The molecule has 0 radical (unpaired) electrons. The van der Waals surface area contributed by atoms with E-state index in [0.29, 0.717) is 11.0 Å². The van der Waals surface area contributed by atoms with Crippen molar-refractivity contribution in [3.8, 4) is 0 Å². The highest BCUT2D eigenvalue weighted by Gasteiger charge is 2.17. The number of anilines is 1. The van der Waals surface area contributed by atoms with Gasteiger partial charge in [-0.05, 0) is 41.6 Å². The molecule has 2 rings (SSSR count). The molecule has 0 saturated heterocycles. The Morgan fingerprint density at radius 2 is 2.38 bits per heavy atom. The van der Waals surface area contributed by atoms with Crippen molar-refractivity contribution in [3.05, 3.63) is 21.0 Å². The predicted octanol–water partition coefficient (Wildman–Crippen LogP) is 2.24. The molecular formula is C11H16BrN3O. The minimum Gasteiger partial charge on any atom is -0.382 e. The lowest BCUT2D eigenvalue weighted by atomic mass is 9.85. The maximum atomic E-state index is 11.8. The Labute approximate surface area is 103 Å². The molecule has 0 aliphatic heterocycles. The Morgan fingerprint density at radius 3 is 2.94 bits per heavy atom. The molecule has 16 heavy (non-hydrogen) atoms. The van der Waals surface area contributed by atoms with Crippen molar-refractivity contribution in [1.82, 2.24) is 9.78 Å². The summed E-state index contributed by atoms with van der Waals surface area (Å²) in [6, 6.07) is 0. The van der Waals surface area contributed by atoms with E-state index in [1.165, 1.54) is 23.9 Å². The third kappa shape index (κ3) is 2.29. The summed E-state index contributed by atoms with van der Waals surface area (Å²) < 4.78 is 2.03. The molecule has 0 unspecified atom stereocenters. The van der Waals surface area contributed by atoms with E-state index in [0.717, 1.165) is 18.2 Å². The van der Waals surface area contributed by atoms with Gasteiger partial charge in [-0.15, -0.1) is 0 Å². The molecule has 1 saturated carbocycles. The Kier molecular flexibility index (Phi) is 3.63. The number of nitrogens with zero attached hydrogens (tertiary/aromatic N) is 2. The second kappa shape index (κ2) is 4.99. The maximum absolute atomic E-state index is 11.8. The second-order valence-corrected chi connectivity index (χ2v) is 4.96. The van der Waals surface area contributed by atoms with E-state index in [9.17, 15) is 4.79 Å². The van der Waals surface area contributed by atoms with Crippen LogP contribution in [0, 0.1) is 5.92 Å². The molecule has 5 heteroatoms. The molecule has 0 bridgehead atoms. The molecule has 4 nitrogen and oxygen atoms in total. The molecule has 0 spiro atoms. The first-order valence-electron chi connectivity index (χ1n) is 5.72. The van der Waals surface area contributed by atoms with Gasteiger partial charge >= 0.3 is 0 Å². The number of aryl methyl sites for hydroxylation is 1. The lowest BCUT2D eigenvalue weighted by Crippen LogP contribution is -2.26. The molecule has 1 N–H and O–H groups in total. The van der Waals surface area contributed by atoms with Crippen LogP contribution >= 0.6 is 15.9 Å². The van der Waals surface area contributed by atoms with Crippen molar-refractivity contribution < 1.29 is 0 Å². The van der Waals surface area contributed by atoms with E-state index < -0.39 is 0 Å². The van der Waals surface area contributed by atoms with Crippen molar-refractivity contribution in [2.75, 3.05) is 11.9 Å². The fourth-order valence-corrected chi connectivity index (χ4v) is 2.21. The van der Waals surface area contributed by atoms with E-state index in [2.05, 4.69) is 26.3 Å². The van der Waals surface area contributed by atoms with Crippen LogP contribution in [0.5, 0.6) is 0 Å². The topological polar surface area (TPSA) is 46.9 Å². The van der Waals surface area contributed by atoms with Crippen LogP contribution in [-0.4, -0.2) is 16.3 Å². The lowest BCUT2D eigenvalue weighted by molar-refractivity contribution is 0.333. The summed E-state index contributed by atoms with van der Waals surface area (Å²) in [5.74, 6) is 0.764. The molecule has 1 heterocycles. The van der Waals surface area contributed by atoms with Gasteiger partial charge < -0.3 is 5.32 Å². The average molecular weight is 286 g/mol. The van der Waals surface area contributed by atoms with Crippen LogP contribution in [0.1, 0.15) is 26.2 Å². The molecule has 0 aromatic carbocycles. The van der Waals surface area contributed by atoms with Gasteiger partial charge in [0.05, 0.1) is 11.9 Å². The smallest absolute Gasteiger partial charge is 0.283 e. The van der Waals surface area contributed by atoms with Crippen LogP contribution in [0.15, 0.2) is 15.5 Å². The monoisotopic (exact) mass is 285 g/mol. The first-order chi connectivity index (χ1) is 7.72. The highest BCUT2D eigenvalue weighted by molar-refractivity contribution is 9.10. The van der Waals surface area contributed by atoms with Gasteiger partial charge in [0.2, 0.25) is 0 Å². The van der Waals surface area contributed by atoms with Crippen molar-refractivity contribution >= 4 is 21.6 Å². The summed E-state index contributed by atoms with van der Waals surface area (Å²) in [7, 11) is 0. The summed E-state index contributed by atoms with van der Waals surface area (Å²) in [5, 5.41) is 7.38. The maximum Gasteiger partial charge on any atom is 0.283 e. The van der Waals surface area contributed by atoms with Gasteiger partial charge in [-0.3, -0.25) is 4.79 Å². The summed E-state index contributed by atoms with van der Waals surface area (Å²) >= 11 is 3.33. The van der Waals surface area contributed by atoms with Crippen molar-refractivity contribution in [2.45, 2.75) is 32.7 Å². The number of hydrogen-bond donors (Lipinski definition) is 1. The first kappa shape index (κ1) is 11.6. The molecule has 0 atom stereocenters. The third-order valence-corrected chi connectivity index (χ3v) is 3.86. The molecule has 1 fully saturated rings. The van der Waals surface area contributed by atoms with E-state index in [1.807, 2.05) is 6.92 Å². The minimum absolute atomic E-state index is 0.0684. The summed E-state index contributed by atoms with van der Waals surface area (Å²) in [6.07, 6.45) is 5.64. The number of nitrogens with one attached hydrogen (secondary N) is 1. The Hall–Kier alpha value is -0.840. The molecule has 1 aromatic heterocycles. The zero-order chi connectivity index (χ0) is 11.5. The molecular weight excluding hydrogens is 270 g/mol. The van der Waals surface area contributed by atoms with Crippen LogP contribution < -0.4 is 10.9 Å². The number of hydrogen-bond acceptors (Lipinski definition) is 3. The van der Waals surface area contributed by atoms with E-state index >= 15 is 0 Å². The van der Waals surface area contributed by atoms with E-state index in [-0.39, 0.29) is 5.56 Å². The van der Waals surface area contributed by atoms with Crippen molar-refractivity contribution in [1.29, 1.82) is 0 Å². The Bertz CT molecular complexity index is 426. The zero-order valence-corrected chi connectivity index (χ0v) is 11.0. The molecule has 88 valence electrons. The Morgan fingerprint density at radius 1 is 1.62 bits per heavy atom. The van der Waals surface area contributed by atoms with E-state index in [1.54, 1.807) is 6.20 Å². The fourth-order valence-electron chi connectivity index (χ4n) is 1.76. The van der Waals surface area contributed by atoms with Gasteiger partial charge in [0.15, 0.2) is 0 Å². The summed E-state index contributed by atoms with van der Waals surface area (Å²) in [5.41, 5.74) is 0.739. The summed E-state index contributed by atoms with van der Waals surface area (Å²) in [4.78, 5) is 11.8. The number of rotatable bonds is 4. The first-order valence-corrected chi connectivity index (χ1v) is 6.51. The van der Waals surface area contributed by atoms with Gasteiger partial charge in [0.25, 0.3) is 5.56 Å². The normalized spacial score (nSPS) is 15.9. The summed E-state index contributed by atoms with van der Waals surface area (Å²) in [6.45, 7) is 3.44. The molecule has 1 aromatic rings. The Balaban J connectivity index is 2.08. The SMILES string of the molecule is CCn1ncc(NCC2CCC2)c(Br)c1=O. The third-order valence-electron chi connectivity index (χ3n) is 3.09. The quantitative estimate of drug-likeness (QED) is 0.923. The van der Waals surface area contributed by atoms with Crippen LogP contribution in [0.2, 0.25) is 0 Å². The van der Waals surface area contributed by atoms with Crippen LogP contribution in [0.4, 0.5) is 5.69 Å². The van der Waals surface area contributed by atoms with Gasteiger partial charge in [0, 0.05) is 13.1 Å². The van der Waals surface area contributed by atoms with Gasteiger partial charge in [-0.1, -0.05) is 6.42 Å². The number of halogens is 1. The standard InChI is InChI=1S/C11H16BrN3O/c1-2-15-11(16)10(12)9(7-14-15)13-6-8-4-3-5-8/h7-8,13H,2-6H2,1H3. The molecule has 1 aliphatic carbocycles. The van der Waals surface area contributed by atoms with Gasteiger partial charge in [-0.25, -0.2) is 4.68 Å². The minimum atomic E-state index is -0.0684. The molecule has 1 aliphatic rings. The van der Waals surface area contributed by atoms with Crippen LogP contribution in [-0.2, 0) is 6.54 Å². The largest absolute Gasteiger partial charge is 0.382 e. The molecule has 0 amide bonds. The van der Waals surface area contributed by atoms with Crippen LogP contribution in [0.3, 0.4) is 0 Å². The van der Waals surface area contributed by atoms with Crippen molar-refractivity contribution in [3.63, 3.8) is 0 Å². The highest BCUT2D eigenvalue weighted by Crippen LogP contribution is 2.27. The average Bonchev–Trinajstić information content (AvgIpc) is 2.22. The van der Waals surface area contributed by atoms with Crippen LogP contribution in [0.25, 0.3) is 0 Å². The fraction of sp³-hybridized carbons (Fsp3) is 0.636. The predicted molar refractivity (Wildman–Crippen MR) is 67.7 cm³/mol. The second-order valence-electron chi connectivity index (χ2n) is 4.17. The van der Waals surface area contributed by atoms with Gasteiger partial charge in [0.1, 0.15) is 4.47 Å². The van der Waals surface area contributed by atoms with E-state index in [4.69, 9.17) is 0 Å². The highest BCUT2D eigenvalue weighted by atomic mass is 79.9. The number of aromatic nitrogens is 2. The zero-order valence-electron chi connectivity index (χ0n) is 9.37. The van der Waals surface area contributed by atoms with Crippen molar-refractivity contribution in [2.24, 2.45) is 5.92 Å².